The summed E-state index contributed by atoms with van der Waals surface area (Å²) in [5.41, 5.74) is 0.746. The van der Waals surface area contributed by atoms with Crippen molar-refractivity contribution in [3.8, 4) is 0 Å². The van der Waals surface area contributed by atoms with Crippen molar-refractivity contribution in [2.24, 2.45) is 4.99 Å². The summed E-state index contributed by atoms with van der Waals surface area (Å²) in [6.45, 7) is 0.144. The molecule has 1 heterocycles. The molecule has 4 N–H and O–H groups in total. The Kier molecular flexibility index (Phi) is 8.79. The van der Waals surface area contributed by atoms with Crippen molar-refractivity contribution in [3.05, 3.63) is 79.9 Å². The number of guanidine groups is 1. The number of β-amino-alcohol motifs (C(OH)–C–C–N with tert-alkyl or cyclic N) is 1. The Hall–Kier alpha value is -4.63. The molecule has 0 bridgehead atoms. The van der Waals surface area contributed by atoms with Gasteiger partial charge in [0.2, 0.25) is 5.96 Å². The number of nitrogens with one attached hydrogen (secondary N) is 3. The van der Waals surface area contributed by atoms with Crippen LogP contribution in [-0.2, 0) is 22.7 Å². The maximum absolute atomic E-state index is 12.3. The van der Waals surface area contributed by atoms with Gasteiger partial charge in [-0.1, -0.05) is 0 Å². The average molecular weight is 502 g/mol. The number of carbonyl (C=O) groups is 2. The Bertz CT molecular complexity index is 1060. The topological polar surface area (TPSA) is 208 Å². The van der Waals surface area contributed by atoms with Gasteiger partial charge in [0.15, 0.2) is 0 Å². The summed E-state index contributed by atoms with van der Waals surface area (Å²) in [6, 6.07) is 10.1. The number of nitrogens with zero attached hydrogens (tertiary/aromatic N) is 3. The fourth-order valence-corrected chi connectivity index (χ4v) is 3.04. The van der Waals surface area contributed by atoms with E-state index >= 15 is 0 Å². The summed E-state index contributed by atoms with van der Waals surface area (Å²) in [5.74, 6) is -0.329. The predicted molar refractivity (Wildman–Crippen MR) is 123 cm³/mol. The zero-order valence-electron chi connectivity index (χ0n) is 18.7. The van der Waals surface area contributed by atoms with Crippen LogP contribution >= 0.6 is 0 Å². The van der Waals surface area contributed by atoms with E-state index in [1.54, 1.807) is 0 Å². The first-order valence-electron chi connectivity index (χ1n) is 10.5. The van der Waals surface area contributed by atoms with Crippen molar-refractivity contribution in [2.75, 3.05) is 13.1 Å². The largest absolute Gasteiger partial charge is 0.444 e. The Morgan fingerprint density at radius 2 is 1.33 bits per heavy atom. The minimum atomic E-state index is -0.983. The number of alkyl carbamates (subject to hydrolysis) is 2. The number of aliphatic hydroxyl groups is 1. The van der Waals surface area contributed by atoms with Crippen LogP contribution < -0.4 is 16.0 Å². The van der Waals surface area contributed by atoms with Gasteiger partial charge in [-0.15, -0.1) is 0 Å². The maximum Gasteiger partial charge on any atom is 0.414 e. The Morgan fingerprint density at radius 3 is 1.69 bits per heavy atom. The second kappa shape index (κ2) is 12.2. The van der Waals surface area contributed by atoms with Crippen LogP contribution in [0.5, 0.6) is 0 Å². The van der Waals surface area contributed by atoms with Crippen molar-refractivity contribution < 1.29 is 34.0 Å². The molecular weight excluding hydrogens is 480 g/mol. The third kappa shape index (κ3) is 7.71. The summed E-state index contributed by atoms with van der Waals surface area (Å²) < 4.78 is 10.1. The first kappa shape index (κ1) is 26.0. The maximum atomic E-state index is 12.3. The SMILES string of the molecule is O=C(NC(=N[C@H]1CNC[C@@H]1O)NC(=O)OCc1ccc([N+](=O)[O-])cc1)OCc1ccc([N+](=O)[O-])cc1. The lowest BCUT2D eigenvalue weighted by molar-refractivity contribution is -0.385. The Balaban J connectivity index is 1.57. The highest BCUT2D eigenvalue weighted by atomic mass is 16.6. The van der Waals surface area contributed by atoms with Gasteiger partial charge in [-0.25, -0.2) is 14.6 Å². The number of aliphatic hydroxyl groups excluding tert-OH is 1. The molecule has 2 atom stereocenters. The van der Waals surface area contributed by atoms with Crippen LogP contribution in [0, 0.1) is 20.2 Å². The summed E-state index contributed by atoms with van der Waals surface area (Å²) in [6.07, 6.45) is -2.82. The minimum absolute atomic E-state index is 0.113. The normalized spacial score (nSPS) is 16.5. The van der Waals surface area contributed by atoms with Gasteiger partial charge in [-0.3, -0.25) is 30.9 Å². The number of non-ortho nitro benzene ring substituents is 2. The number of hydrogen-bond acceptors (Lipinski definition) is 11. The van der Waals surface area contributed by atoms with E-state index in [0.717, 1.165) is 0 Å². The second-order valence-electron chi connectivity index (χ2n) is 7.52. The van der Waals surface area contributed by atoms with Crippen molar-refractivity contribution in [2.45, 2.75) is 25.4 Å². The monoisotopic (exact) mass is 502 g/mol. The van der Waals surface area contributed by atoms with E-state index in [9.17, 15) is 34.9 Å². The van der Waals surface area contributed by atoms with Gasteiger partial charge in [-0.2, -0.15) is 0 Å². The van der Waals surface area contributed by atoms with Gasteiger partial charge in [0, 0.05) is 37.4 Å². The van der Waals surface area contributed by atoms with Gasteiger partial charge < -0.3 is 19.9 Å². The number of aliphatic imine (C=N–C) groups is 1. The molecule has 0 unspecified atom stereocenters. The van der Waals surface area contributed by atoms with Crippen LogP contribution in [-0.4, -0.2) is 58.3 Å². The van der Waals surface area contributed by atoms with Gasteiger partial charge in [-0.05, 0) is 35.4 Å². The van der Waals surface area contributed by atoms with Crippen LogP contribution in [0.4, 0.5) is 21.0 Å². The Labute approximate surface area is 203 Å². The summed E-state index contributed by atoms with van der Waals surface area (Å²) in [4.78, 5) is 49.0. The van der Waals surface area contributed by atoms with Crippen molar-refractivity contribution in [3.63, 3.8) is 0 Å². The molecule has 0 spiro atoms. The first-order chi connectivity index (χ1) is 17.2. The fraction of sp³-hybridized carbons (Fsp3) is 0.286. The highest BCUT2D eigenvalue weighted by Gasteiger charge is 2.26. The van der Waals surface area contributed by atoms with Crippen LogP contribution in [0.1, 0.15) is 11.1 Å². The summed E-state index contributed by atoms with van der Waals surface area (Å²) >= 11 is 0. The number of nitro benzene ring substituents is 2. The van der Waals surface area contributed by atoms with Gasteiger partial charge >= 0.3 is 12.2 Å². The lowest BCUT2D eigenvalue weighted by Crippen LogP contribution is -2.45. The smallest absolute Gasteiger partial charge is 0.414 e. The molecule has 1 fully saturated rings. The average Bonchev–Trinajstić information content (AvgIpc) is 3.26. The first-order valence-corrected chi connectivity index (χ1v) is 10.5. The molecule has 1 saturated heterocycles. The second-order valence-corrected chi connectivity index (χ2v) is 7.52. The molecule has 1 aliphatic heterocycles. The molecule has 190 valence electrons. The standard InChI is InChI=1S/C21H22N6O9/c28-18-10-22-9-17(18)23-19(24-20(29)35-11-13-1-5-15(6-2-13)26(31)32)25-21(30)36-12-14-3-7-16(8-4-14)27(33)34/h1-8,17-18,22,28H,9-12H2,(H2,23,24,25,29,30)/t17-,18-/m0/s1. The molecule has 1 aliphatic rings. The van der Waals surface area contributed by atoms with E-state index < -0.39 is 34.2 Å². The van der Waals surface area contributed by atoms with Crippen LogP contribution in [0.3, 0.4) is 0 Å². The Morgan fingerprint density at radius 1 is 0.889 bits per heavy atom. The van der Waals surface area contributed by atoms with Crippen LogP contribution in [0.15, 0.2) is 53.5 Å². The van der Waals surface area contributed by atoms with E-state index in [2.05, 4.69) is 20.9 Å². The number of hydrogen-bond donors (Lipinski definition) is 4. The number of amides is 2. The number of rotatable bonds is 7. The number of ether oxygens (including phenoxy) is 2. The summed E-state index contributed by atoms with van der Waals surface area (Å²) in [5, 5.41) is 38.9. The van der Waals surface area contributed by atoms with Crippen molar-refractivity contribution in [1.29, 1.82) is 0 Å². The van der Waals surface area contributed by atoms with E-state index in [1.807, 2.05) is 0 Å². The fourth-order valence-electron chi connectivity index (χ4n) is 3.04. The van der Waals surface area contributed by atoms with E-state index in [-0.39, 0.29) is 37.1 Å². The van der Waals surface area contributed by atoms with E-state index in [0.29, 0.717) is 17.7 Å². The van der Waals surface area contributed by atoms with Gasteiger partial charge in [0.25, 0.3) is 11.4 Å². The number of carbonyl (C=O) groups excluding carboxylic acids is 2. The molecule has 0 radical (unpaired) electrons. The molecule has 0 aliphatic carbocycles. The molecular formula is C21H22N6O9. The lowest BCUT2D eigenvalue weighted by atomic mass is 10.2. The highest BCUT2D eigenvalue weighted by Crippen LogP contribution is 2.13. The predicted octanol–water partition coefficient (Wildman–Crippen LogP) is 1.34. The summed E-state index contributed by atoms with van der Waals surface area (Å²) in [7, 11) is 0. The number of benzene rings is 2. The molecule has 15 nitrogen and oxygen atoms in total. The molecule has 0 aromatic heterocycles. The van der Waals surface area contributed by atoms with Crippen LogP contribution in [0.2, 0.25) is 0 Å². The molecule has 2 aromatic rings. The molecule has 36 heavy (non-hydrogen) atoms. The van der Waals surface area contributed by atoms with Gasteiger partial charge in [0.1, 0.15) is 13.2 Å². The van der Waals surface area contributed by atoms with E-state index in [4.69, 9.17) is 9.47 Å². The van der Waals surface area contributed by atoms with Crippen molar-refractivity contribution in [1.82, 2.24) is 16.0 Å². The highest BCUT2D eigenvalue weighted by molar-refractivity contribution is 6.01. The zero-order valence-corrected chi connectivity index (χ0v) is 18.7. The minimum Gasteiger partial charge on any atom is -0.444 e. The van der Waals surface area contributed by atoms with Gasteiger partial charge in [0.05, 0.1) is 22.0 Å². The molecule has 2 amide bonds. The molecule has 0 saturated carbocycles. The third-order valence-electron chi connectivity index (χ3n) is 4.92. The van der Waals surface area contributed by atoms with E-state index in [1.165, 1.54) is 48.5 Å². The third-order valence-corrected chi connectivity index (χ3v) is 4.92. The number of nitro groups is 2. The molecule has 2 aromatic carbocycles. The molecule has 15 heteroatoms. The van der Waals surface area contributed by atoms with Crippen molar-refractivity contribution >= 4 is 29.5 Å². The lowest BCUT2D eigenvalue weighted by Gasteiger charge is -2.15. The van der Waals surface area contributed by atoms with Crippen LogP contribution in [0.25, 0.3) is 0 Å². The molecule has 3 rings (SSSR count). The zero-order chi connectivity index (χ0) is 26.1. The quantitative estimate of drug-likeness (QED) is 0.185.